The molecular formula is C19H17N3O2S. The van der Waals surface area contributed by atoms with Gasteiger partial charge in [-0.15, -0.1) is 0 Å². The lowest BCUT2D eigenvalue weighted by molar-refractivity contribution is 0.177. The van der Waals surface area contributed by atoms with E-state index in [1.54, 1.807) is 0 Å². The van der Waals surface area contributed by atoms with Gasteiger partial charge in [0.25, 0.3) is 0 Å². The Labute approximate surface area is 151 Å². The smallest absolute Gasteiger partial charge is 0.413 e. The summed E-state index contributed by atoms with van der Waals surface area (Å²) < 4.78 is 4.54. The van der Waals surface area contributed by atoms with Crippen LogP contribution in [0.4, 0.5) is 16.2 Å². The van der Waals surface area contributed by atoms with Crippen LogP contribution in [0.1, 0.15) is 17.5 Å². The van der Waals surface area contributed by atoms with Crippen molar-refractivity contribution in [2.24, 2.45) is 4.99 Å². The first-order valence-corrected chi connectivity index (χ1v) is 8.16. The summed E-state index contributed by atoms with van der Waals surface area (Å²) in [6.07, 6.45) is 4.35. The SMILES string of the molecule is COC(=O)NC(=S)Nc1ccccc1/N=C1\CC=Cc2ccccc21. The third kappa shape index (κ3) is 4.10. The summed E-state index contributed by atoms with van der Waals surface area (Å²) >= 11 is 5.12. The largest absolute Gasteiger partial charge is 0.453 e. The van der Waals surface area contributed by atoms with Crippen molar-refractivity contribution in [1.29, 1.82) is 0 Å². The van der Waals surface area contributed by atoms with E-state index >= 15 is 0 Å². The average molecular weight is 351 g/mol. The van der Waals surface area contributed by atoms with Gasteiger partial charge in [0.05, 0.1) is 24.2 Å². The van der Waals surface area contributed by atoms with Crippen LogP contribution in [0.2, 0.25) is 0 Å². The van der Waals surface area contributed by atoms with Gasteiger partial charge in [0.1, 0.15) is 0 Å². The summed E-state index contributed by atoms with van der Waals surface area (Å²) in [6, 6.07) is 15.7. The summed E-state index contributed by atoms with van der Waals surface area (Å²) in [6.45, 7) is 0. The molecule has 0 aromatic heterocycles. The van der Waals surface area contributed by atoms with Gasteiger partial charge >= 0.3 is 6.09 Å². The fraction of sp³-hybridized carbons (Fsp3) is 0.105. The number of rotatable bonds is 2. The van der Waals surface area contributed by atoms with E-state index in [1.165, 1.54) is 7.11 Å². The highest BCUT2D eigenvalue weighted by Gasteiger charge is 2.12. The van der Waals surface area contributed by atoms with Crippen molar-refractivity contribution in [2.75, 3.05) is 12.4 Å². The van der Waals surface area contributed by atoms with Gasteiger partial charge < -0.3 is 10.1 Å². The predicted molar refractivity (Wildman–Crippen MR) is 104 cm³/mol. The van der Waals surface area contributed by atoms with Crippen molar-refractivity contribution in [1.82, 2.24) is 5.32 Å². The van der Waals surface area contributed by atoms with E-state index in [0.717, 1.165) is 28.9 Å². The Kier molecular flexibility index (Phi) is 5.20. The van der Waals surface area contributed by atoms with E-state index in [4.69, 9.17) is 17.2 Å². The first-order chi connectivity index (χ1) is 12.2. The van der Waals surface area contributed by atoms with Crippen molar-refractivity contribution >= 4 is 46.6 Å². The molecular weight excluding hydrogens is 334 g/mol. The van der Waals surface area contributed by atoms with Crippen LogP contribution in [0, 0.1) is 0 Å². The molecule has 0 heterocycles. The number of ether oxygens (including phenoxy) is 1. The van der Waals surface area contributed by atoms with Crippen LogP contribution in [0.15, 0.2) is 59.6 Å². The van der Waals surface area contributed by atoms with Crippen molar-refractivity contribution in [2.45, 2.75) is 6.42 Å². The number of anilines is 1. The monoisotopic (exact) mass is 351 g/mol. The molecule has 2 aromatic carbocycles. The number of nitrogens with one attached hydrogen (secondary N) is 2. The Morgan fingerprint density at radius 2 is 1.92 bits per heavy atom. The Bertz CT molecular complexity index is 874. The van der Waals surface area contributed by atoms with Gasteiger partial charge in [0, 0.05) is 12.0 Å². The summed E-state index contributed by atoms with van der Waals surface area (Å²) in [5.41, 5.74) is 4.72. The summed E-state index contributed by atoms with van der Waals surface area (Å²) in [5.74, 6) is 0. The molecule has 0 bridgehead atoms. The highest BCUT2D eigenvalue weighted by atomic mass is 32.1. The third-order valence-corrected chi connectivity index (χ3v) is 3.89. The minimum Gasteiger partial charge on any atom is -0.453 e. The molecule has 2 N–H and O–H groups in total. The average Bonchev–Trinajstić information content (AvgIpc) is 2.63. The van der Waals surface area contributed by atoms with E-state index in [-0.39, 0.29) is 5.11 Å². The van der Waals surface area contributed by atoms with Crippen LogP contribution in [-0.4, -0.2) is 24.0 Å². The second-order valence-electron chi connectivity index (χ2n) is 5.34. The van der Waals surface area contributed by atoms with Gasteiger partial charge in [-0.05, 0) is 29.9 Å². The number of alkyl carbamates (subject to hydrolysis) is 1. The first-order valence-electron chi connectivity index (χ1n) is 7.76. The second-order valence-corrected chi connectivity index (χ2v) is 5.75. The van der Waals surface area contributed by atoms with E-state index < -0.39 is 6.09 Å². The number of amides is 1. The van der Waals surface area contributed by atoms with E-state index in [2.05, 4.69) is 39.7 Å². The number of nitrogens with zero attached hydrogens (tertiary/aromatic N) is 1. The molecule has 5 nitrogen and oxygen atoms in total. The van der Waals surface area contributed by atoms with Crippen LogP contribution < -0.4 is 10.6 Å². The van der Waals surface area contributed by atoms with Gasteiger partial charge in [0.2, 0.25) is 0 Å². The molecule has 6 heteroatoms. The Morgan fingerprint density at radius 3 is 2.76 bits per heavy atom. The van der Waals surface area contributed by atoms with Gasteiger partial charge in [-0.2, -0.15) is 0 Å². The molecule has 1 aliphatic carbocycles. The zero-order valence-electron chi connectivity index (χ0n) is 13.7. The fourth-order valence-corrected chi connectivity index (χ4v) is 2.73. The number of carbonyl (C=O) groups is 1. The predicted octanol–water partition coefficient (Wildman–Crippen LogP) is 4.28. The maximum Gasteiger partial charge on any atom is 0.413 e. The lowest BCUT2D eigenvalue weighted by atomic mass is 9.95. The zero-order valence-corrected chi connectivity index (χ0v) is 14.5. The molecule has 0 aliphatic heterocycles. The maximum absolute atomic E-state index is 11.3. The Balaban J connectivity index is 1.88. The number of aliphatic imine (C=N–C) groups is 1. The van der Waals surface area contributed by atoms with Crippen molar-refractivity contribution in [3.8, 4) is 0 Å². The lowest BCUT2D eigenvalue weighted by Gasteiger charge is -2.15. The number of hydrogen-bond donors (Lipinski definition) is 2. The quantitative estimate of drug-likeness (QED) is 0.793. The summed E-state index contributed by atoms with van der Waals surface area (Å²) in [4.78, 5) is 16.1. The molecule has 25 heavy (non-hydrogen) atoms. The molecule has 0 spiro atoms. The Hall–Kier alpha value is -2.99. The van der Waals surface area contributed by atoms with Crippen LogP contribution >= 0.6 is 12.2 Å². The highest BCUT2D eigenvalue weighted by molar-refractivity contribution is 7.80. The van der Waals surface area contributed by atoms with Gasteiger partial charge in [0.15, 0.2) is 5.11 Å². The topological polar surface area (TPSA) is 62.7 Å². The number of para-hydroxylation sites is 2. The molecule has 0 unspecified atom stereocenters. The number of thiocarbonyl (C=S) groups is 1. The van der Waals surface area contributed by atoms with E-state index in [0.29, 0.717) is 5.69 Å². The van der Waals surface area contributed by atoms with Gasteiger partial charge in [-0.1, -0.05) is 48.6 Å². The number of benzene rings is 2. The molecule has 1 aliphatic rings. The number of allylic oxidation sites excluding steroid dienone is 1. The number of carbonyl (C=O) groups excluding carboxylic acids is 1. The second kappa shape index (κ2) is 7.72. The molecule has 0 saturated carbocycles. The number of fused-ring (bicyclic) bond motifs is 1. The lowest BCUT2D eigenvalue weighted by Crippen LogP contribution is -2.33. The normalized spacial score (nSPS) is 13.9. The van der Waals surface area contributed by atoms with Crippen LogP contribution in [0.25, 0.3) is 6.08 Å². The summed E-state index contributed by atoms with van der Waals surface area (Å²) in [5, 5.41) is 5.56. The molecule has 0 fully saturated rings. The summed E-state index contributed by atoms with van der Waals surface area (Å²) in [7, 11) is 1.28. The molecule has 0 saturated heterocycles. The standard InChI is InChI=1S/C19H17N3O2S/c1-24-19(23)22-18(25)21-17-11-5-4-10-16(17)20-15-12-6-8-13-7-2-3-9-14(13)15/h2-11H,12H2,1H3,(H2,21,22,23,25)/b20-15+. The van der Waals surface area contributed by atoms with E-state index in [1.807, 2.05) is 36.4 Å². The molecule has 0 atom stereocenters. The molecule has 0 radical (unpaired) electrons. The number of hydrogen-bond acceptors (Lipinski definition) is 4. The van der Waals surface area contributed by atoms with Crippen LogP contribution in [0.3, 0.4) is 0 Å². The molecule has 126 valence electrons. The molecule has 1 amide bonds. The van der Waals surface area contributed by atoms with E-state index in [9.17, 15) is 4.79 Å². The minimum absolute atomic E-state index is 0.156. The van der Waals surface area contributed by atoms with Gasteiger partial charge in [-0.3, -0.25) is 10.3 Å². The molecule has 3 rings (SSSR count). The van der Waals surface area contributed by atoms with Gasteiger partial charge in [-0.25, -0.2) is 4.79 Å². The minimum atomic E-state index is -0.618. The highest BCUT2D eigenvalue weighted by Crippen LogP contribution is 2.28. The first kappa shape index (κ1) is 16.9. The fourth-order valence-electron chi connectivity index (χ4n) is 2.54. The van der Waals surface area contributed by atoms with Crippen molar-refractivity contribution in [3.05, 3.63) is 65.7 Å². The Morgan fingerprint density at radius 1 is 1.16 bits per heavy atom. The molecule has 2 aromatic rings. The third-order valence-electron chi connectivity index (χ3n) is 3.69. The maximum atomic E-state index is 11.3. The van der Waals surface area contributed by atoms with Crippen molar-refractivity contribution in [3.63, 3.8) is 0 Å². The number of methoxy groups -OCH3 is 1. The van der Waals surface area contributed by atoms with Crippen LogP contribution in [0.5, 0.6) is 0 Å². The van der Waals surface area contributed by atoms with Crippen molar-refractivity contribution < 1.29 is 9.53 Å². The van der Waals surface area contributed by atoms with Crippen LogP contribution in [-0.2, 0) is 4.74 Å². The zero-order chi connectivity index (χ0) is 17.6.